The van der Waals surface area contributed by atoms with Crippen LogP contribution < -0.4 is 0 Å². The zero-order valence-electron chi connectivity index (χ0n) is 11.4. The van der Waals surface area contributed by atoms with Crippen LogP contribution in [0.25, 0.3) is 0 Å². The summed E-state index contributed by atoms with van der Waals surface area (Å²) in [6.07, 6.45) is 2.00. The second kappa shape index (κ2) is 4.54. The van der Waals surface area contributed by atoms with E-state index in [9.17, 15) is 9.59 Å². The first kappa shape index (κ1) is 12.8. The van der Waals surface area contributed by atoms with Gasteiger partial charge < -0.3 is 0 Å². The number of rotatable bonds is 1. The average Bonchev–Trinajstić information content (AvgIpc) is 2.99. The van der Waals surface area contributed by atoms with Crippen molar-refractivity contribution in [3.8, 4) is 0 Å². The van der Waals surface area contributed by atoms with Gasteiger partial charge in [-0.1, -0.05) is 23.7 Å². The molecule has 104 valence electrons. The minimum Gasteiger partial charge on any atom is -0.294 e. The molecule has 0 aromatic heterocycles. The first-order valence-corrected chi connectivity index (χ1v) is 7.50. The molecule has 1 atom stereocenters. The van der Waals surface area contributed by atoms with E-state index in [1.54, 1.807) is 0 Å². The smallest absolute Gasteiger partial charge is 0.170 e. The molecule has 0 amide bonds. The molecule has 0 N–H and O–H groups in total. The first-order chi connectivity index (χ1) is 10.1. The van der Waals surface area contributed by atoms with Crippen LogP contribution in [-0.2, 0) is 12.8 Å². The zero-order chi connectivity index (χ0) is 14.6. The predicted molar refractivity (Wildman–Crippen MR) is 81.3 cm³/mol. The van der Waals surface area contributed by atoms with E-state index in [-0.39, 0.29) is 17.5 Å². The largest absolute Gasteiger partial charge is 0.294 e. The second-order valence-corrected chi connectivity index (χ2v) is 6.20. The molecule has 3 heteroatoms. The van der Waals surface area contributed by atoms with Crippen LogP contribution in [0.3, 0.4) is 0 Å². The number of hydrogen-bond donors (Lipinski definition) is 0. The van der Waals surface area contributed by atoms with Crippen LogP contribution in [0.15, 0.2) is 36.4 Å². The summed E-state index contributed by atoms with van der Waals surface area (Å²) in [5.41, 5.74) is 4.58. The Morgan fingerprint density at radius 2 is 1.76 bits per heavy atom. The molecule has 0 saturated heterocycles. The van der Waals surface area contributed by atoms with E-state index < -0.39 is 0 Å². The van der Waals surface area contributed by atoms with Crippen LogP contribution in [0.5, 0.6) is 0 Å². The highest BCUT2D eigenvalue weighted by Gasteiger charge is 2.34. The highest BCUT2D eigenvalue weighted by Crippen LogP contribution is 2.37. The Bertz CT molecular complexity index is 792. The van der Waals surface area contributed by atoms with Crippen LogP contribution in [-0.4, -0.2) is 11.6 Å². The lowest BCUT2D eigenvalue weighted by atomic mass is 9.95. The first-order valence-electron chi connectivity index (χ1n) is 7.12. The number of Topliss-reactive ketones (excluding diaryl/α,β-unsaturated/α-hetero) is 2. The lowest BCUT2D eigenvalue weighted by molar-refractivity contribution is 0.0970. The Labute approximate surface area is 127 Å². The molecule has 0 heterocycles. The van der Waals surface area contributed by atoms with Crippen molar-refractivity contribution in [2.75, 3.05) is 0 Å². The molecule has 21 heavy (non-hydrogen) atoms. The molecule has 2 aliphatic rings. The summed E-state index contributed by atoms with van der Waals surface area (Å²) in [6.45, 7) is 0. The van der Waals surface area contributed by atoms with E-state index in [1.807, 2.05) is 36.4 Å². The van der Waals surface area contributed by atoms with Gasteiger partial charge in [0.15, 0.2) is 11.6 Å². The molecule has 0 bridgehead atoms. The van der Waals surface area contributed by atoms with Gasteiger partial charge in [-0.25, -0.2) is 0 Å². The van der Waals surface area contributed by atoms with Crippen LogP contribution in [0, 0.1) is 0 Å². The molecule has 4 rings (SSSR count). The fourth-order valence-corrected chi connectivity index (χ4v) is 3.63. The maximum absolute atomic E-state index is 12.7. The summed E-state index contributed by atoms with van der Waals surface area (Å²) in [4.78, 5) is 24.5. The number of ketones is 2. The van der Waals surface area contributed by atoms with Crippen molar-refractivity contribution >= 4 is 23.2 Å². The van der Waals surface area contributed by atoms with E-state index in [1.165, 1.54) is 0 Å². The van der Waals surface area contributed by atoms with Gasteiger partial charge in [-0.15, -0.1) is 0 Å². The summed E-state index contributed by atoms with van der Waals surface area (Å²) < 4.78 is 0. The van der Waals surface area contributed by atoms with Crippen molar-refractivity contribution in [1.29, 1.82) is 0 Å². The summed E-state index contributed by atoms with van der Waals surface area (Å²) >= 11 is 6.03. The number of benzene rings is 2. The minimum absolute atomic E-state index is 0.148. The van der Waals surface area contributed by atoms with Crippen LogP contribution in [0.4, 0.5) is 0 Å². The SMILES string of the molecule is O=C1CCc2cc3c(cc21)CC(c1cccc(Cl)c1)C3=O. The Kier molecular flexibility index (Phi) is 2.76. The number of fused-ring (bicyclic) bond motifs is 2. The molecule has 2 aromatic carbocycles. The number of hydrogen-bond acceptors (Lipinski definition) is 2. The highest BCUT2D eigenvalue weighted by atomic mass is 35.5. The van der Waals surface area contributed by atoms with Gasteiger partial charge in [0.05, 0.1) is 5.92 Å². The van der Waals surface area contributed by atoms with Crippen molar-refractivity contribution in [3.63, 3.8) is 0 Å². The maximum Gasteiger partial charge on any atom is 0.170 e. The van der Waals surface area contributed by atoms with Crippen molar-refractivity contribution in [3.05, 3.63) is 69.2 Å². The van der Waals surface area contributed by atoms with E-state index >= 15 is 0 Å². The summed E-state index contributed by atoms with van der Waals surface area (Å²) in [5.74, 6) is 0.178. The number of carbonyl (C=O) groups excluding carboxylic acids is 2. The Hall–Kier alpha value is -1.93. The highest BCUT2D eigenvalue weighted by molar-refractivity contribution is 6.30. The van der Waals surface area contributed by atoms with Crippen molar-refractivity contribution in [2.45, 2.75) is 25.2 Å². The van der Waals surface area contributed by atoms with Gasteiger partial charge >= 0.3 is 0 Å². The second-order valence-electron chi connectivity index (χ2n) is 5.77. The van der Waals surface area contributed by atoms with Gasteiger partial charge in [0.1, 0.15) is 0 Å². The van der Waals surface area contributed by atoms with E-state index in [2.05, 4.69) is 0 Å². The molecule has 0 radical (unpaired) electrons. The molecule has 1 unspecified atom stereocenters. The third-order valence-corrected chi connectivity index (χ3v) is 4.74. The average molecular weight is 297 g/mol. The van der Waals surface area contributed by atoms with Gasteiger partial charge in [-0.05, 0) is 53.8 Å². The molecular formula is C18H13ClO2. The number of halogens is 1. The van der Waals surface area contributed by atoms with Crippen LogP contribution in [0.1, 0.15) is 49.7 Å². The summed E-state index contributed by atoms with van der Waals surface area (Å²) in [6, 6.07) is 11.3. The number of aryl methyl sites for hydroxylation is 1. The molecule has 0 saturated carbocycles. The predicted octanol–water partition coefficient (Wildman–Crippen LogP) is 3.99. The van der Waals surface area contributed by atoms with Crippen molar-refractivity contribution in [2.24, 2.45) is 0 Å². The Morgan fingerprint density at radius 3 is 2.57 bits per heavy atom. The van der Waals surface area contributed by atoms with Gasteiger partial charge in [0, 0.05) is 22.6 Å². The Balaban J connectivity index is 1.77. The maximum atomic E-state index is 12.7. The van der Waals surface area contributed by atoms with Crippen molar-refractivity contribution < 1.29 is 9.59 Å². The standard InChI is InChI=1S/C18H13ClO2/c19-13-3-1-2-10(6-13)15-9-12-8-14-11(4-5-17(14)20)7-16(12)18(15)21/h1-3,6-8,15H,4-5,9H2. The zero-order valence-corrected chi connectivity index (χ0v) is 12.1. The van der Waals surface area contributed by atoms with E-state index in [0.717, 1.165) is 34.2 Å². The molecule has 0 aliphatic heterocycles. The number of carbonyl (C=O) groups is 2. The third kappa shape index (κ3) is 1.94. The Morgan fingerprint density at radius 1 is 0.952 bits per heavy atom. The van der Waals surface area contributed by atoms with Gasteiger partial charge in [-0.2, -0.15) is 0 Å². The minimum atomic E-state index is -0.170. The van der Waals surface area contributed by atoms with Gasteiger partial charge in [0.2, 0.25) is 0 Å². The normalized spacial score (nSPS) is 19.8. The molecule has 2 aliphatic carbocycles. The lowest BCUT2D eigenvalue weighted by Gasteiger charge is -2.08. The lowest BCUT2D eigenvalue weighted by Crippen LogP contribution is -2.06. The van der Waals surface area contributed by atoms with Crippen LogP contribution in [0.2, 0.25) is 5.02 Å². The van der Waals surface area contributed by atoms with E-state index in [4.69, 9.17) is 11.6 Å². The monoisotopic (exact) mass is 296 g/mol. The molecule has 2 aromatic rings. The topological polar surface area (TPSA) is 34.1 Å². The molecule has 0 spiro atoms. The van der Waals surface area contributed by atoms with Gasteiger partial charge in [-0.3, -0.25) is 9.59 Å². The third-order valence-electron chi connectivity index (χ3n) is 4.51. The molecular weight excluding hydrogens is 284 g/mol. The van der Waals surface area contributed by atoms with Crippen molar-refractivity contribution in [1.82, 2.24) is 0 Å². The molecule has 0 fully saturated rings. The van der Waals surface area contributed by atoms with Gasteiger partial charge in [0.25, 0.3) is 0 Å². The van der Waals surface area contributed by atoms with E-state index in [0.29, 0.717) is 17.9 Å². The molecule has 2 nitrogen and oxygen atoms in total. The fourth-order valence-electron chi connectivity index (χ4n) is 3.43. The summed E-state index contributed by atoms with van der Waals surface area (Å²) in [5, 5.41) is 0.647. The summed E-state index contributed by atoms with van der Waals surface area (Å²) in [7, 11) is 0. The fraction of sp³-hybridized carbons (Fsp3) is 0.222. The quantitative estimate of drug-likeness (QED) is 0.797. The van der Waals surface area contributed by atoms with Crippen LogP contribution >= 0.6 is 11.6 Å².